The van der Waals surface area contributed by atoms with Crippen LogP contribution in [0.2, 0.25) is 0 Å². The Labute approximate surface area is 100 Å². The van der Waals surface area contributed by atoms with Gasteiger partial charge in [-0.2, -0.15) is 0 Å². The van der Waals surface area contributed by atoms with Crippen LogP contribution in [0, 0.1) is 0 Å². The monoisotopic (exact) mass is 235 g/mol. The summed E-state index contributed by atoms with van der Waals surface area (Å²) in [6, 6.07) is 2.00. The van der Waals surface area contributed by atoms with E-state index in [-0.39, 0.29) is 5.56 Å². The van der Waals surface area contributed by atoms with Crippen LogP contribution in [0.5, 0.6) is 0 Å². The lowest BCUT2D eigenvalue weighted by molar-refractivity contribution is 0.0698. The van der Waals surface area contributed by atoms with E-state index in [1.165, 1.54) is 18.7 Å². The number of carboxylic acids is 1. The number of carbonyl (C=O) groups is 1. The van der Waals surface area contributed by atoms with Gasteiger partial charge in [-0.1, -0.05) is 0 Å². The molecule has 0 saturated carbocycles. The second kappa shape index (κ2) is 5.14. The number of aromatic carboxylic acids is 1. The van der Waals surface area contributed by atoms with E-state index in [0.29, 0.717) is 11.7 Å². The predicted molar refractivity (Wildman–Crippen MR) is 65.3 cm³/mol. The topological polar surface area (TPSA) is 65.5 Å². The molecule has 2 N–H and O–H groups in total. The van der Waals surface area contributed by atoms with Crippen LogP contribution in [-0.2, 0) is 0 Å². The lowest BCUT2D eigenvalue weighted by Gasteiger charge is -2.20. The number of nitrogens with zero attached hydrogens (tertiary/aromatic N) is 2. The van der Waals surface area contributed by atoms with Crippen molar-refractivity contribution in [2.24, 2.45) is 0 Å². The summed E-state index contributed by atoms with van der Waals surface area (Å²) in [5.41, 5.74) is 0.876. The highest BCUT2D eigenvalue weighted by atomic mass is 16.4. The van der Waals surface area contributed by atoms with Crippen molar-refractivity contribution in [3.8, 4) is 0 Å². The minimum Gasteiger partial charge on any atom is -0.478 e. The van der Waals surface area contributed by atoms with Gasteiger partial charge in [0, 0.05) is 18.8 Å². The van der Waals surface area contributed by atoms with Gasteiger partial charge in [-0.15, -0.1) is 0 Å². The molecule has 0 aromatic carbocycles. The average Bonchev–Trinajstić information content (AvgIpc) is 2.72. The number of nitrogens with one attached hydrogen (secondary N) is 1. The van der Waals surface area contributed by atoms with E-state index in [1.54, 1.807) is 6.20 Å². The van der Waals surface area contributed by atoms with Crippen LogP contribution in [0.25, 0.3) is 0 Å². The molecule has 0 radical (unpaired) electrons. The molecule has 17 heavy (non-hydrogen) atoms. The summed E-state index contributed by atoms with van der Waals surface area (Å²) in [6.45, 7) is 1.88. The summed E-state index contributed by atoms with van der Waals surface area (Å²) in [6.07, 6.45) is 5.43. The smallest absolute Gasteiger partial charge is 0.337 e. The van der Waals surface area contributed by atoms with Crippen molar-refractivity contribution >= 4 is 11.7 Å². The number of likely N-dealkylation sites (N-methyl/N-ethyl adjacent to an activating group) is 1. The Bertz CT molecular complexity index is 408. The fourth-order valence-electron chi connectivity index (χ4n) is 2.19. The third-order valence-corrected chi connectivity index (χ3v) is 3.25. The molecule has 0 bridgehead atoms. The number of carboxylic acid groups (broad SMARTS) is 1. The van der Waals surface area contributed by atoms with E-state index in [0.717, 1.165) is 19.5 Å². The summed E-state index contributed by atoms with van der Waals surface area (Å²) in [7, 11) is 2.10. The van der Waals surface area contributed by atoms with E-state index in [4.69, 9.17) is 5.11 Å². The van der Waals surface area contributed by atoms with E-state index in [2.05, 4.69) is 22.2 Å². The first-order valence-corrected chi connectivity index (χ1v) is 5.80. The van der Waals surface area contributed by atoms with Crippen LogP contribution in [-0.4, -0.2) is 47.1 Å². The van der Waals surface area contributed by atoms with Crippen molar-refractivity contribution in [1.29, 1.82) is 0 Å². The molecule has 2 heterocycles. The number of aromatic nitrogens is 1. The molecule has 0 spiro atoms. The first-order chi connectivity index (χ1) is 8.18. The Morgan fingerprint density at radius 3 is 3.18 bits per heavy atom. The molecule has 1 aliphatic rings. The normalized spacial score (nSPS) is 20.4. The molecule has 1 aromatic heterocycles. The standard InChI is InChI=1S/C12H17N3O2/c1-15-6-2-3-9(15)7-14-11-8-13-5-4-10(11)12(16)17/h4-5,8-9,14H,2-3,6-7H2,1H3,(H,16,17). The van der Waals surface area contributed by atoms with Gasteiger partial charge in [0.15, 0.2) is 0 Å². The Kier molecular flexibility index (Phi) is 3.58. The van der Waals surface area contributed by atoms with Gasteiger partial charge in [0.05, 0.1) is 17.4 Å². The molecule has 1 fully saturated rings. The summed E-state index contributed by atoms with van der Waals surface area (Å²) in [4.78, 5) is 17.3. The first kappa shape index (κ1) is 11.9. The molecule has 1 atom stereocenters. The van der Waals surface area contributed by atoms with Crippen LogP contribution >= 0.6 is 0 Å². The van der Waals surface area contributed by atoms with Crippen molar-refractivity contribution in [2.45, 2.75) is 18.9 Å². The summed E-state index contributed by atoms with van der Waals surface area (Å²) >= 11 is 0. The van der Waals surface area contributed by atoms with Gasteiger partial charge >= 0.3 is 5.97 Å². The Morgan fingerprint density at radius 2 is 2.53 bits per heavy atom. The maximum atomic E-state index is 11.0. The average molecular weight is 235 g/mol. The maximum Gasteiger partial charge on any atom is 0.337 e. The highest BCUT2D eigenvalue weighted by molar-refractivity contribution is 5.93. The van der Waals surface area contributed by atoms with Gasteiger partial charge in [-0.25, -0.2) is 4.79 Å². The van der Waals surface area contributed by atoms with E-state index < -0.39 is 5.97 Å². The van der Waals surface area contributed by atoms with Crippen LogP contribution < -0.4 is 5.32 Å². The minimum absolute atomic E-state index is 0.278. The van der Waals surface area contributed by atoms with Gasteiger partial charge in [0.2, 0.25) is 0 Å². The molecular weight excluding hydrogens is 218 g/mol. The van der Waals surface area contributed by atoms with Crippen LogP contribution in [0.1, 0.15) is 23.2 Å². The van der Waals surface area contributed by atoms with Crippen LogP contribution in [0.4, 0.5) is 5.69 Å². The molecular formula is C12H17N3O2. The molecule has 1 aromatic rings. The number of likely N-dealkylation sites (tertiary alicyclic amines) is 1. The van der Waals surface area contributed by atoms with E-state index in [9.17, 15) is 4.79 Å². The SMILES string of the molecule is CN1CCCC1CNc1cnccc1C(=O)O. The zero-order valence-electron chi connectivity index (χ0n) is 9.89. The van der Waals surface area contributed by atoms with Crippen molar-refractivity contribution in [1.82, 2.24) is 9.88 Å². The molecule has 2 rings (SSSR count). The lowest BCUT2D eigenvalue weighted by atomic mass is 10.2. The van der Waals surface area contributed by atoms with Crippen molar-refractivity contribution in [3.05, 3.63) is 24.0 Å². The van der Waals surface area contributed by atoms with Crippen molar-refractivity contribution in [3.63, 3.8) is 0 Å². The molecule has 1 saturated heterocycles. The summed E-state index contributed by atoms with van der Waals surface area (Å²) < 4.78 is 0. The fourth-order valence-corrected chi connectivity index (χ4v) is 2.19. The van der Waals surface area contributed by atoms with Crippen LogP contribution in [0.15, 0.2) is 18.5 Å². The van der Waals surface area contributed by atoms with Crippen molar-refractivity contribution < 1.29 is 9.90 Å². The highest BCUT2D eigenvalue weighted by Crippen LogP contribution is 2.17. The first-order valence-electron chi connectivity index (χ1n) is 5.80. The number of rotatable bonds is 4. The molecule has 1 unspecified atom stereocenters. The van der Waals surface area contributed by atoms with Crippen molar-refractivity contribution in [2.75, 3.05) is 25.5 Å². The number of hydrogen-bond acceptors (Lipinski definition) is 4. The zero-order chi connectivity index (χ0) is 12.3. The highest BCUT2D eigenvalue weighted by Gasteiger charge is 2.21. The van der Waals surface area contributed by atoms with Gasteiger partial charge in [0.25, 0.3) is 0 Å². The molecule has 5 heteroatoms. The molecule has 1 aliphatic heterocycles. The molecule has 92 valence electrons. The molecule has 5 nitrogen and oxygen atoms in total. The lowest BCUT2D eigenvalue weighted by Crippen LogP contribution is -2.31. The van der Waals surface area contributed by atoms with E-state index in [1.807, 2.05) is 0 Å². The summed E-state index contributed by atoms with van der Waals surface area (Å²) in [5.74, 6) is -0.922. The predicted octanol–water partition coefficient (Wildman–Crippen LogP) is 1.29. The number of anilines is 1. The fraction of sp³-hybridized carbons (Fsp3) is 0.500. The Hall–Kier alpha value is -1.62. The number of pyridine rings is 1. The zero-order valence-corrected chi connectivity index (χ0v) is 9.89. The van der Waals surface area contributed by atoms with Gasteiger partial charge in [-0.05, 0) is 32.5 Å². The maximum absolute atomic E-state index is 11.0. The largest absolute Gasteiger partial charge is 0.478 e. The Balaban J connectivity index is 2.01. The number of hydrogen-bond donors (Lipinski definition) is 2. The third kappa shape index (κ3) is 2.74. The van der Waals surface area contributed by atoms with Gasteiger partial charge in [-0.3, -0.25) is 4.98 Å². The quantitative estimate of drug-likeness (QED) is 0.823. The molecule has 0 amide bonds. The third-order valence-electron chi connectivity index (χ3n) is 3.25. The van der Waals surface area contributed by atoms with E-state index >= 15 is 0 Å². The Morgan fingerprint density at radius 1 is 1.71 bits per heavy atom. The minimum atomic E-state index is -0.922. The molecule has 0 aliphatic carbocycles. The second-order valence-electron chi connectivity index (χ2n) is 4.38. The summed E-state index contributed by atoms with van der Waals surface area (Å²) in [5, 5.41) is 12.2. The van der Waals surface area contributed by atoms with Crippen LogP contribution in [0.3, 0.4) is 0 Å². The second-order valence-corrected chi connectivity index (χ2v) is 4.38. The van der Waals surface area contributed by atoms with Gasteiger partial charge in [0.1, 0.15) is 0 Å². The van der Waals surface area contributed by atoms with Gasteiger partial charge < -0.3 is 15.3 Å².